The van der Waals surface area contributed by atoms with E-state index in [2.05, 4.69) is 10.3 Å². The number of hydrogen-bond acceptors (Lipinski definition) is 5. The van der Waals surface area contributed by atoms with Crippen molar-refractivity contribution >= 4 is 40.0 Å². The lowest BCUT2D eigenvalue weighted by molar-refractivity contribution is -0.430. The van der Waals surface area contributed by atoms with E-state index in [1.807, 2.05) is 0 Å². The highest BCUT2D eigenvalue weighted by Gasteiger charge is 2.52. The predicted molar refractivity (Wildman–Crippen MR) is 97.3 cm³/mol. The fourth-order valence-corrected chi connectivity index (χ4v) is 4.91. The molecule has 4 rings (SSSR count). The third-order valence-electron chi connectivity index (χ3n) is 5.57. The molecule has 2 aliphatic carbocycles. The van der Waals surface area contributed by atoms with Crippen LogP contribution in [0.2, 0.25) is 0 Å². The van der Waals surface area contributed by atoms with Crippen molar-refractivity contribution in [2.45, 2.75) is 57.4 Å². The van der Waals surface area contributed by atoms with E-state index in [9.17, 15) is 14.4 Å². The highest BCUT2D eigenvalue weighted by molar-refractivity contribution is 7.13. The Morgan fingerprint density at radius 1 is 1.23 bits per heavy atom. The predicted octanol–water partition coefficient (Wildman–Crippen LogP) is 2.63. The molecule has 2 fully saturated rings. The van der Waals surface area contributed by atoms with Crippen LogP contribution < -0.4 is 5.32 Å². The Bertz CT molecular complexity index is 752. The van der Waals surface area contributed by atoms with Gasteiger partial charge in [-0.15, -0.1) is 11.3 Å². The van der Waals surface area contributed by atoms with Crippen LogP contribution in [0.5, 0.6) is 0 Å². The minimum atomic E-state index is -0.315. The first-order chi connectivity index (χ1) is 12.6. The maximum atomic E-state index is 13.1. The molecule has 0 radical (unpaired) electrons. The Morgan fingerprint density at radius 2 is 2.04 bits per heavy atom. The van der Waals surface area contributed by atoms with E-state index in [0.717, 1.165) is 50.7 Å². The van der Waals surface area contributed by atoms with Crippen molar-refractivity contribution in [2.75, 3.05) is 11.9 Å². The lowest BCUT2D eigenvalue weighted by atomic mass is 9.92. The Hall–Kier alpha value is -2.09. The van der Waals surface area contributed by atoms with E-state index in [1.165, 1.54) is 16.2 Å². The summed E-state index contributed by atoms with van der Waals surface area (Å²) in [6.07, 6.45) is 9.01. The van der Waals surface area contributed by atoms with Crippen LogP contribution in [0.4, 0.5) is 9.93 Å². The summed E-state index contributed by atoms with van der Waals surface area (Å²) >= 11 is 1.34. The van der Waals surface area contributed by atoms with Gasteiger partial charge in [0.2, 0.25) is 0 Å². The second-order valence-corrected chi connectivity index (χ2v) is 8.08. The van der Waals surface area contributed by atoms with Crippen molar-refractivity contribution in [1.29, 1.82) is 0 Å². The molecule has 1 aliphatic heterocycles. The van der Waals surface area contributed by atoms with Crippen LogP contribution in [-0.4, -0.2) is 50.6 Å². The third-order valence-corrected chi connectivity index (χ3v) is 6.26. The van der Waals surface area contributed by atoms with Crippen molar-refractivity contribution in [3.05, 3.63) is 11.6 Å². The van der Waals surface area contributed by atoms with Crippen LogP contribution in [0.25, 0.3) is 0 Å². The van der Waals surface area contributed by atoms with Gasteiger partial charge in [-0.2, -0.15) is 14.3 Å². The first kappa shape index (κ1) is 17.3. The molecule has 3 aliphatic rings. The van der Waals surface area contributed by atoms with Crippen LogP contribution in [-0.2, 0) is 9.59 Å². The van der Waals surface area contributed by atoms with E-state index in [1.54, 1.807) is 16.2 Å². The molecule has 1 unspecified atom stereocenters. The number of urea groups is 1. The number of thiazole rings is 1. The maximum Gasteiger partial charge on any atom is 0.501 e. The fraction of sp³-hybridized carbons (Fsp3) is 0.611. The molecule has 1 aromatic heterocycles. The monoisotopic (exact) mass is 375 g/mol. The maximum absolute atomic E-state index is 13.1. The molecule has 2 saturated carbocycles. The number of nitrogens with zero attached hydrogens (tertiary/aromatic N) is 3. The standard InChI is InChI=1S/C18H22N4O3S/c23-15(20-17-19-9-10-26-17)11-21-14-8-4-7-13(14)16(24)22(18(21)25)12-5-2-1-3-6-12/h9-10,12-13H,1-8,11H2/p+1. The Morgan fingerprint density at radius 3 is 2.77 bits per heavy atom. The van der Waals surface area contributed by atoms with Crippen molar-refractivity contribution in [2.24, 2.45) is 5.92 Å². The molecule has 138 valence electrons. The number of amides is 4. The Kier molecular flexibility index (Phi) is 4.84. The van der Waals surface area contributed by atoms with E-state index in [-0.39, 0.29) is 36.3 Å². The van der Waals surface area contributed by atoms with Gasteiger partial charge in [-0.25, -0.2) is 9.78 Å². The van der Waals surface area contributed by atoms with E-state index >= 15 is 0 Å². The molecule has 0 spiro atoms. The van der Waals surface area contributed by atoms with Crippen LogP contribution in [0, 0.1) is 5.92 Å². The number of imide groups is 1. The summed E-state index contributed by atoms with van der Waals surface area (Å²) in [4.78, 5) is 44.0. The van der Waals surface area contributed by atoms with E-state index in [0.29, 0.717) is 11.6 Å². The van der Waals surface area contributed by atoms with Gasteiger partial charge in [0.15, 0.2) is 11.7 Å². The Balaban J connectivity index is 1.58. The smallest absolute Gasteiger partial charge is 0.299 e. The molecule has 4 amide bonds. The molecule has 0 saturated heterocycles. The topological polar surface area (TPSA) is 82.4 Å². The van der Waals surface area contributed by atoms with Crippen LogP contribution in [0.1, 0.15) is 51.4 Å². The zero-order valence-electron chi connectivity index (χ0n) is 14.6. The summed E-state index contributed by atoms with van der Waals surface area (Å²) in [5, 5.41) is 5.04. The SMILES string of the molecule is O=C(C[N+]1=C2CCCC2C(=O)N(C2CCCCC2)C1=O)Nc1nccs1. The zero-order chi connectivity index (χ0) is 18.1. The number of fused-ring (bicyclic) bond motifs is 1. The molecule has 2 heterocycles. The first-order valence-corrected chi connectivity index (χ1v) is 10.2. The average molecular weight is 375 g/mol. The number of nitrogens with one attached hydrogen (secondary N) is 1. The number of rotatable bonds is 4. The zero-order valence-corrected chi connectivity index (χ0v) is 15.5. The summed E-state index contributed by atoms with van der Waals surface area (Å²) in [5.41, 5.74) is 0.821. The lowest BCUT2D eigenvalue weighted by Gasteiger charge is -2.31. The molecular formula is C18H23N4O3S+. The molecule has 8 heteroatoms. The van der Waals surface area contributed by atoms with Gasteiger partial charge >= 0.3 is 11.9 Å². The summed E-state index contributed by atoms with van der Waals surface area (Å²) in [5.74, 6) is -0.558. The number of carbonyl (C=O) groups excluding carboxylic acids is 3. The fourth-order valence-electron chi connectivity index (χ4n) is 4.36. The van der Waals surface area contributed by atoms with Gasteiger partial charge in [-0.05, 0) is 38.5 Å². The quantitative estimate of drug-likeness (QED) is 0.820. The molecule has 1 N–H and O–H groups in total. The van der Waals surface area contributed by atoms with Gasteiger partial charge in [0, 0.05) is 18.0 Å². The lowest BCUT2D eigenvalue weighted by Crippen LogP contribution is -2.58. The van der Waals surface area contributed by atoms with Crippen molar-refractivity contribution in [3.8, 4) is 0 Å². The largest absolute Gasteiger partial charge is 0.501 e. The molecule has 1 atom stereocenters. The van der Waals surface area contributed by atoms with Gasteiger partial charge in [-0.1, -0.05) is 6.42 Å². The van der Waals surface area contributed by atoms with Crippen LogP contribution >= 0.6 is 11.3 Å². The van der Waals surface area contributed by atoms with Crippen molar-refractivity contribution in [3.63, 3.8) is 0 Å². The van der Waals surface area contributed by atoms with Crippen molar-refractivity contribution in [1.82, 2.24) is 9.88 Å². The number of aromatic nitrogens is 1. The molecule has 0 bridgehead atoms. The molecule has 0 aromatic carbocycles. The summed E-state index contributed by atoms with van der Waals surface area (Å²) in [7, 11) is 0. The van der Waals surface area contributed by atoms with Crippen LogP contribution in [0.15, 0.2) is 11.6 Å². The molecular weight excluding hydrogens is 352 g/mol. The van der Waals surface area contributed by atoms with E-state index in [4.69, 9.17) is 0 Å². The summed E-state index contributed by atoms with van der Waals surface area (Å²) in [6.45, 7) is -0.0548. The summed E-state index contributed by atoms with van der Waals surface area (Å²) in [6, 6.07) is -0.334. The number of hydrogen-bond donors (Lipinski definition) is 1. The minimum absolute atomic E-state index is 0.0181. The van der Waals surface area contributed by atoms with Gasteiger partial charge in [0.1, 0.15) is 12.0 Å². The average Bonchev–Trinajstić information content (AvgIpc) is 3.31. The molecule has 7 nitrogen and oxygen atoms in total. The molecule has 1 aromatic rings. The highest BCUT2D eigenvalue weighted by atomic mass is 32.1. The highest BCUT2D eigenvalue weighted by Crippen LogP contribution is 2.32. The minimum Gasteiger partial charge on any atom is -0.299 e. The van der Waals surface area contributed by atoms with Gasteiger partial charge in [0.05, 0.1) is 5.71 Å². The van der Waals surface area contributed by atoms with E-state index < -0.39 is 0 Å². The van der Waals surface area contributed by atoms with Gasteiger partial charge in [-0.3, -0.25) is 10.1 Å². The first-order valence-electron chi connectivity index (χ1n) is 9.35. The Labute approximate surface area is 156 Å². The second-order valence-electron chi connectivity index (χ2n) is 7.19. The normalized spacial score (nSPS) is 24.2. The second kappa shape index (κ2) is 7.26. The van der Waals surface area contributed by atoms with Gasteiger partial charge < -0.3 is 0 Å². The van der Waals surface area contributed by atoms with Gasteiger partial charge in [0.25, 0.3) is 5.91 Å². The van der Waals surface area contributed by atoms with Crippen molar-refractivity contribution < 1.29 is 19.0 Å². The third kappa shape index (κ3) is 3.18. The van der Waals surface area contributed by atoms with Crippen LogP contribution in [0.3, 0.4) is 0 Å². The summed E-state index contributed by atoms with van der Waals surface area (Å²) < 4.78 is 1.55. The molecule has 26 heavy (non-hydrogen) atoms. The number of anilines is 1. The number of carbonyl (C=O) groups is 3.